The number of carbonyl (C=O) groups is 2. The summed E-state index contributed by atoms with van der Waals surface area (Å²) in [7, 11) is -4.37. The summed E-state index contributed by atoms with van der Waals surface area (Å²) in [5.41, 5.74) is 5.36. The largest absolute Gasteiger partial charge is 0.472 e. The van der Waals surface area contributed by atoms with Crippen molar-refractivity contribution >= 4 is 19.8 Å². The average Bonchev–Trinajstić information content (AvgIpc) is 3.34. The van der Waals surface area contributed by atoms with Crippen molar-refractivity contribution in [1.29, 1.82) is 0 Å². The van der Waals surface area contributed by atoms with Gasteiger partial charge in [0.2, 0.25) is 0 Å². The molecule has 0 aromatic carbocycles. The van der Waals surface area contributed by atoms with Gasteiger partial charge in [-0.2, -0.15) is 0 Å². The van der Waals surface area contributed by atoms with Crippen LogP contribution in [0.2, 0.25) is 0 Å². The molecule has 0 radical (unpaired) electrons. The van der Waals surface area contributed by atoms with Gasteiger partial charge in [-0.15, -0.1) is 0 Å². The summed E-state index contributed by atoms with van der Waals surface area (Å²) in [6, 6.07) is 0. The molecule has 0 spiro atoms. The lowest BCUT2D eigenvalue weighted by molar-refractivity contribution is -0.161. The van der Waals surface area contributed by atoms with Crippen molar-refractivity contribution in [1.82, 2.24) is 0 Å². The van der Waals surface area contributed by atoms with Crippen LogP contribution in [0, 0.1) is 0 Å². The summed E-state index contributed by atoms with van der Waals surface area (Å²) in [6.45, 7) is 3.73. The molecule has 0 aromatic rings. The van der Waals surface area contributed by atoms with Gasteiger partial charge in [0.05, 0.1) is 13.2 Å². The van der Waals surface area contributed by atoms with Crippen LogP contribution < -0.4 is 5.73 Å². The second kappa shape index (κ2) is 55.5. The van der Waals surface area contributed by atoms with Gasteiger partial charge in [-0.1, -0.05) is 269 Å². The number of nitrogens with two attached hydrogens (primary N) is 1. The molecule has 0 rings (SSSR count). The highest BCUT2D eigenvalue weighted by Gasteiger charge is 2.26. The number of allylic oxidation sites excluding steroid dienone is 6. The molecule has 69 heavy (non-hydrogen) atoms. The number of hydrogen-bond acceptors (Lipinski definition) is 8. The van der Waals surface area contributed by atoms with Gasteiger partial charge < -0.3 is 20.1 Å². The Morgan fingerprint density at radius 2 is 0.754 bits per heavy atom. The predicted octanol–water partition coefficient (Wildman–Crippen LogP) is 18.4. The topological polar surface area (TPSA) is 134 Å². The average molecular weight is 995 g/mol. The number of unbranched alkanes of at least 4 members (excludes halogenated alkanes) is 37. The molecule has 0 amide bonds. The Morgan fingerprint density at radius 1 is 0.435 bits per heavy atom. The third-order valence-electron chi connectivity index (χ3n) is 13.0. The summed E-state index contributed by atoms with van der Waals surface area (Å²) in [4.78, 5) is 34.9. The lowest BCUT2D eigenvalue weighted by atomic mass is 10.0. The van der Waals surface area contributed by atoms with E-state index in [0.29, 0.717) is 6.42 Å². The molecule has 3 N–H and O–H groups in total. The minimum absolute atomic E-state index is 0.0562. The van der Waals surface area contributed by atoms with E-state index in [1.165, 1.54) is 218 Å². The van der Waals surface area contributed by atoms with E-state index in [-0.39, 0.29) is 38.6 Å². The fourth-order valence-corrected chi connectivity index (χ4v) is 9.41. The lowest BCUT2D eigenvalue weighted by Gasteiger charge is -2.19. The molecular weight excluding hydrogens is 882 g/mol. The number of phosphoric acid groups is 1. The lowest BCUT2D eigenvalue weighted by Crippen LogP contribution is -2.29. The van der Waals surface area contributed by atoms with E-state index in [1.807, 2.05) is 0 Å². The van der Waals surface area contributed by atoms with E-state index in [0.717, 1.165) is 44.9 Å². The molecule has 0 bridgehead atoms. The summed E-state index contributed by atoms with van der Waals surface area (Å²) >= 11 is 0. The van der Waals surface area contributed by atoms with E-state index in [2.05, 4.69) is 50.3 Å². The Labute approximate surface area is 426 Å². The van der Waals surface area contributed by atoms with E-state index in [1.54, 1.807) is 0 Å². The van der Waals surface area contributed by atoms with Crippen molar-refractivity contribution in [2.75, 3.05) is 26.4 Å². The van der Waals surface area contributed by atoms with E-state index >= 15 is 0 Å². The number of hydrogen-bond donors (Lipinski definition) is 2. The molecule has 2 unspecified atom stereocenters. The Kier molecular flexibility index (Phi) is 54.1. The van der Waals surface area contributed by atoms with Crippen molar-refractivity contribution in [2.24, 2.45) is 5.73 Å². The monoisotopic (exact) mass is 994 g/mol. The Morgan fingerprint density at radius 3 is 1.12 bits per heavy atom. The fourth-order valence-electron chi connectivity index (χ4n) is 8.65. The maximum Gasteiger partial charge on any atom is 0.472 e. The van der Waals surface area contributed by atoms with Crippen LogP contribution in [0.15, 0.2) is 36.5 Å². The maximum absolute atomic E-state index is 12.6. The highest BCUT2D eigenvalue weighted by molar-refractivity contribution is 7.47. The fraction of sp³-hybridized carbons (Fsp3) is 0.864. The van der Waals surface area contributed by atoms with Crippen LogP contribution >= 0.6 is 7.82 Å². The highest BCUT2D eigenvalue weighted by Crippen LogP contribution is 2.43. The molecular formula is C59H112NO8P. The molecule has 0 aromatic heterocycles. The van der Waals surface area contributed by atoms with Gasteiger partial charge in [-0.25, -0.2) is 4.57 Å². The van der Waals surface area contributed by atoms with Crippen LogP contribution in [-0.4, -0.2) is 49.3 Å². The van der Waals surface area contributed by atoms with Gasteiger partial charge in [0.1, 0.15) is 6.61 Å². The second-order valence-electron chi connectivity index (χ2n) is 19.9. The summed E-state index contributed by atoms with van der Waals surface area (Å²) in [6.07, 6.45) is 66.8. The van der Waals surface area contributed by atoms with Crippen molar-refractivity contribution in [2.45, 2.75) is 302 Å². The number of esters is 2. The standard InChI is InChI=1S/C59H112NO8P/c1-3-5-7-9-11-13-14-15-16-17-18-19-20-21-22-23-24-25-26-27-28-29-30-31-32-33-34-35-36-37-38-39-40-41-42-44-46-48-50-52-59(62)68-57(56-67-69(63,64)66-54-53-60)55-65-58(61)51-49-47-45-43-12-10-8-6-4-2/h14-15,17-18,20-21,57H,3-13,16,19,22-56,60H2,1-2H3,(H,63,64)/b15-14-,18-17-,21-20-. The first-order chi connectivity index (χ1) is 33.8. The molecule has 0 saturated heterocycles. The van der Waals surface area contributed by atoms with Crippen LogP contribution in [0.4, 0.5) is 0 Å². The molecule has 10 heteroatoms. The quantitative estimate of drug-likeness (QED) is 0.0264. The normalized spacial score (nSPS) is 13.3. The third kappa shape index (κ3) is 55.4. The van der Waals surface area contributed by atoms with Crippen molar-refractivity contribution in [3.63, 3.8) is 0 Å². The Bertz CT molecular complexity index is 1220. The molecule has 2 atom stereocenters. The summed E-state index contributed by atoms with van der Waals surface area (Å²) in [5.74, 6) is -0.817. The first-order valence-corrected chi connectivity index (χ1v) is 31.0. The van der Waals surface area contributed by atoms with E-state index in [9.17, 15) is 19.0 Å². The smallest absolute Gasteiger partial charge is 0.462 e. The number of carbonyl (C=O) groups excluding carboxylic acids is 2. The molecule has 0 aliphatic rings. The minimum Gasteiger partial charge on any atom is -0.462 e. The van der Waals surface area contributed by atoms with Gasteiger partial charge in [0.25, 0.3) is 0 Å². The number of ether oxygens (including phenoxy) is 2. The highest BCUT2D eigenvalue weighted by atomic mass is 31.2. The van der Waals surface area contributed by atoms with Crippen LogP contribution in [0.3, 0.4) is 0 Å². The number of rotatable bonds is 56. The molecule has 0 saturated carbocycles. The molecule has 9 nitrogen and oxygen atoms in total. The van der Waals surface area contributed by atoms with Gasteiger partial charge in [-0.3, -0.25) is 18.6 Å². The van der Waals surface area contributed by atoms with Crippen LogP contribution in [0.1, 0.15) is 296 Å². The Balaban J connectivity index is 3.69. The van der Waals surface area contributed by atoms with Gasteiger partial charge in [0.15, 0.2) is 6.10 Å². The Hall–Kier alpha value is -1.77. The summed E-state index contributed by atoms with van der Waals surface area (Å²) < 4.78 is 32.9. The van der Waals surface area contributed by atoms with Crippen LogP contribution in [0.5, 0.6) is 0 Å². The molecule has 0 heterocycles. The predicted molar refractivity (Wildman–Crippen MR) is 294 cm³/mol. The van der Waals surface area contributed by atoms with Crippen molar-refractivity contribution in [3.05, 3.63) is 36.5 Å². The SMILES string of the molecule is CCCCCCC/C=C\C/C=C\C/C=C\CCCCCCCCCCCCCCCCCCCCCCCCCCC(=O)OC(COC(=O)CCCCCCCCCCC)COP(=O)(O)OCCN. The molecule has 0 fully saturated rings. The van der Waals surface area contributed by atoms with Gasteiger partial charge >= 0.3 is 19.8 Å². The van der Waals surface area contributed by atoms with Crippen LogP contribution in [-0.2, 0) is 32.7 Å². The van der Waals surface area contributed by atoms with Crippen molar-refractivity contribution < 1.29 is 37.6 Å². The maximum atomic E-state index is 12.6. The first kappa shape index (κ1) is 67.2. The molecule has 0 aliphatic heterocycles. The molecule has 0 aliphatic carbocycles. The third-order valence-corrected chi connectivity index (χ3v) is 14.0. The molecule has 406 valence electrons. The van der Waals surface area contributed by atoms with Gasteiger partial charge in [0, 0.05) is 19.4 Å². The number of phosphoric ester groups is 1. The zero-order valence-corrected chi connectivity index (χ0v) is 46.2. The first-order valence-electron chi connectivity index (χ1n) is 29.5. The van der Waals surface area contributed by atoms with Crippen LogP contribution in [0.25, 0.3) is 0 Å². The van der Waals surface area contributed by atoms with Gasteiger partial charge in [-0.05, 0) is 51.4 Å². The summed E-state index contributed by atoms with van der Waals surface area (Å²) in [5, 5.41) is 0. The second-order valence-corrected chi connectivity index (χ2v) is 21.3. The zero-order valence-electron chi connectivity index (χ0n) is 45.3. The van der Waals surface area contributed by atoms with Crippen molar-refractivity contribution in [3.8, 4) is 0 Å². The van der Waals surface area contributed by atoms with E-state index in [4.69, 9.17) is 24.3 Å². The minimum atomic E-state index is -4.37. The van der Waals surface area contributed by atoms with E-state index < -0.39 is 26.5 Å². The zero-order chi connectivity index (χ0) is 50.2.